The van der Waals surface area contributed by atoms with Gasteiger partial charge in [-0.3, -0.25) is 4.90 Å². The zero-order chi connectivity index (χ0) is 17.8. The molecule has 0 spiro atoms. The second-order valence-corrected chi connectivity index (χ2v) is 7.18. The van der Waals surface area contributed by atoms with E-state index in [0.29, 0.717) is 17.7 Å². The van der Waals surface area contributed by atoms with E-state index < -0.39 is 0 Å². The molecule has 0 bridgehead atoms. The zero-order valence-corrected chi connectivity index (χ0v) is 15.8. The minimum absolute atomic E-state index is 0.169. The first-order chi connectivity index (χ1) is 12.1. The fraction of sp³-hybridized carbons (Fsp3) is 0.632. The van der Waals surface area contributed by atoms with Crippen molar-refractivity contribution < 1.29 is 14.3 Å². The molecule has 0 aromatic heterocycles. The van der Waals surface area contributed by atoms with E-state index in [9.17, 15) is 4.79 Å². The van der Waals surface area contributed by atoms with Gasteiger partial charge in [-0.25, -0.2) is 4.79 Å². The lowest BCUT2D eigenvalue weighted by atomic mass is 10.0. The Bertz CT molecular complexity index is 602. The molecule has 6 heteroatoms. The topological polar surface area (TPSA) is 42.0 Å². The molecular formula is C19H27ClN2O3. The number of halogens is 1. The minimum Gasteiger partial charge on any atom is -0.489 e. The Hall–Kier alpha value is -1.46. The first-order valence-corrected chi connectivity index (χ1v) is 9.59. The lowest BCUT2D eigenvalue weighted by Crippen LogP contribution is -2.48. The third kappa shape index (κ3) is 4.39. The van der Waals surface area contributed by atoms with Gasteiger partial charge >= 0.3 is 6.09 Å². The molecule has 0 N–H and O–H groups in total. The van der Waals surface area contributed by atoms with E-state index in [1.54, 1.807) is 0 Å². The van der Waals surface area contributed by atoms with Crippen molar-refractivity contribution in [3.05, 3.63) is 28.8 Å². The third-order valence-corrected chi connectivity index (χ3v) is 5.33. The number of rotatable bonds is 3. The Labute approximate surface area is 154 Å². The van der Waals surface area contributed by atoms with Crippen LogP contribution in [0.2, 0.25) is 5.02 Å². The average molecular weight is 367 g/mol. The van der Waals surface area contributed by atoms with Crippen LogP contribution in [0.4, 0.5) is 4.79 Å². The predicted octanol–water partition coefficient (Wildman–Crippen LogP) is 3.93. The van der Waals surface area contributed by atoms with Crippen molar-refractivity contribution in [3.8, 4) is 5.75 Å². The Morgan fingerprint density at radius 1 is 1.32 bits per heavy atom. The first-order valence-electron chi connectivity index (χ1n) is 9.21. The number of carbonyl (C=O) groups is 1. The molecule has 1 aromatic rings. The fourth-order valence-corrected chi connectivity index (χ4v) is 3.81. The van der Waals surface area contributed by atoms with Crippen LogP contribution >= 0.6 is 11.6 Å². The van der Waals surface area contributed by atoms with Gasteiger partial charge < -0.3 is 14.4 Å². The van der Waals surface area contributed by atoms with Crippen molar-refractivity contribution in [2.45, 2.75) is 51.8 Å². The Morgan fingerprint density at radius 3 is 2.76 bits per heavy atom. The summed E-state index contributed by atoms with van der Waals surface area (Å²) in [4.78, 5) is 16.2. The summed E-state index contributed by atoms with van der Waals surface area (Å²) in [5.41, 5.74) is 1.19. The van der Waals surface area contributed by atoms with Crippen LogP contribution in [0.15, 0.2) is 18.2 Å². The molecule has 1 fully saturated rings. The van der Waals surface area contributed by atoms with Gasteiger partial charge in [0.1, 0.15) is 11.9 Å². The van der Waals surface area contributed by atoms with Crippen molar-refractivity contribution >= 4 is 17.7 Å². The summed E-state index contributed by atoms with van der Waals surface area (Å²) in [6.07, 6.45) is 2.88. The van der Waals surface area contributed by atoms with Crippen LogP contribution in [0, 0.1) is 0 Å². The van der Waals surface area contributed by atoms with E-state index in [2.05, 4.69) is 17.9 Å². The molecule has 0 aliphatic carbocycles. The maximum absolute atomic E-state index is 11.9. The third-order valence-electron chi connectivity index (χ3n) is 5.10. The summed E-state index contributed by atoms with van der Waals surface area (Å²) in [5.74, 6) is 0.908. The molecule has 0 radical (unpaired) electrons. The van der Waals surface area contributed by atoms with Crippen LogP contribution in [0.25, 0.3) is 0 Å². The van der Waals surface area contributed by atoms with Gasteiger partial charge in [0, 0.05) is 42.8 Å². The number of amides is 1. The highest BCUT2D eigenvalue weighted by Crippen LogP contribution is 2.31. The van der Waals surface area contributed by atoms with Crippen molar-refractivity contribution in [3.63, 3.8) is 0 Å². The standard InChI is InChI=1S/C19H27ClN2O3/c1-3-17-13-22(12-14-5-6-15(20)11-18(14)25-17)16-7-9-21(10-8-16)19(23)24-4-2/h5-6,11,16-17H,3-4,7-10,12-13H2,1-2H3. The van der Waals surface area contributed by atoms with Gasteiger partial charge in [-0.2, -0.15) is 0 Å². The van der Waals surface area contributed by atoms with Gasteiger partial charge in [0.15, 0.2) is 0 Å². The summed E-state index contributed by atoms with van der Waals surface area (Å²) in [5, 5.41) is 0.713. The quantitative estimate of drug-likeness (QED) is 0.812. The maximum atomic E-state index is 11.9. The van der Waals surface area contributed by atoms with E-state index in [1.165, 1.54) is 5.56 Å². The molecule has 1 atom stereocenters. The number of hydrogen-bond acceptors (Lipinski definition) is 4. The van der Waals surface area contributed by atoms with Crippen LogP contribution < -0.4 is 4.74 Å². The molecule has 1 amide bonds. The molecule has 25 heavy (non-hydrogen) atoms. The van der Waals surface area contributed by atoms with Crippen molar-refractivity contribution in [1.82, 2.24) is 9.80 Å². The summed E-state index contributed by atoms with van der Waals surface area (Å²) in [6, 6.07) is 6.38. The van der Waals surface area contributed by atoms with Gasteiger partial charge in [-0.05, 0) is 38.3 Å². The number of fused-ring (bicyclic) bond motifs is 1. The van der Waals surface area contributed by atoms with Gasteiger partial charge in [0.05, 0.1) is 6.61 Å². The maximum Gasteiger partial charge on any atom is 0.409 e. The molecule has 5 nitrogen and oxygen atoms in total. The lowest BCUT2D eigenvalue weighted by Gasteiger charge is -2.38. The van der Waals surface area contributed by atoms with Gasteiger partial charge in [-0.1, -0.05) is 24.6 Å². The number of nitrogens with zero attached hydrogens (tertiary/aromatic N) is 2. The second-order valence-electron chi connectivity index (χ2n) is 6.75. The second kappa shape index (κ2) is 8.28. The highest BCUT2D eigenvalue weighted by atomic mass is 35.5. The number of carbonyl (C=O) groups excluding carboxylic acids is 1. The molecule has 2 aliphatic heterocycles. The summed E-state index contributed by atoms with van der Waals surface area (Å²) in [6.45, 7) is 7.72. The lowest BCUT2D eigenvalue weighted by molar-refractivity contribution is 0.0587. The molecule has 1 unspecified atom stereocenters. The number of piperidine rings is 1. The number of hydrogen-bond donors (Lipinski definition) is 0. The van der Waals surface area contributed by atoms with Crippen molar-refractivity contribution in [2.75, 3.05) is 26.2 Å². The van der Waals surface area contributed by atoms with Gasteiger partial charge in [-0.15, -0.1) is 0 Å². The monoisotopic (exact) mass is 366 g/mol. The minimum atomic E-state index is -0.188. The van der Waals surface area contributed by atoms with Crippen LogP contribution in [-0.2, 0) is 11.3 Å². The van der Waals surface area contributed by atoms with E-state index in [4.69, 9.17) is 21.1 Å². The number of ether oxygens (including phenoxy) is 2. The van der Waals surface area contributed by atoms with Crippen molar-refractivity contribution in [1.29, 1.82) is 0 Å². The van der Waals surface area contributed by atoms with Gasteiger partial charge in [0.25, 0.3) is 0 Å². The number of likely N-dealkylation sites (tertiary alicyclic amines) is 1. The Balaban J connectivity index is 1.68. The molecule has 2 heterocycles. The predicted molar refractivity (Wildman–Crippen MR) is 98.2 cm³/mol. The summed E-state index contributed by atoms with van der Waals surface area (Å²) >= 11 is 6.13. The molecule has 1 saturated heterocycles. The molecule has 138 valence electrons. The Morgan fingerprint density at radius 2 is 2.08 bits per heavy atom. The Kier molecular flexibility index (Phi) is 6.07. The van der Waals surface area contributed by atoms with Crippen LogP contribution in [-0.4, -0.2) is 54.3 Å². The fourth-order valence-electron chi connectivity index (χ4n) is 3.65. The number of benzene rings is 1. The van der Waals surface area contributed by atoms with Crippen LogP contribution in [0.5, 0.6) is 5.75 Å². The van der Waals surface area contributed by atoms with Crippen LogP contribution in [0.1, 0.15) is 38.7 Å². The van der Waals surface area contributed by atoms with E-state index >= 15 is 0 Å². The largest absolute Gasteiger partial charge is 0.489 e. The molecule has 0 saturated carbocycles. The van der Waals surface area contributed by atoms with E-state index in [1.807, 2.05) is 24.0 Å². The highest BCUT2D eigenvalue weighted by Gasteiger charge is 2.31. The molecule has 1 aromatic carbocycles. The SMILES string of the molecule is CCOC(=O)N1CCC(N2Cc3ccc(Cl)cc3OC(CC)C2)CC1. The van der Waals surface area contributed by atoms with E-state index in [-0.39, 0.29) is 12.2 Å². The van der Waals surface area contributed by atoms with E-state index in [0.717, 1.165) is 51.2 Å². The summed E-state index contributed by atoms with van der Waals surface area (Å²) < 4.78 is 11.3. The van der Waals surface area contributed by atoms with Crippen LogP contribution in [0.3, 0.4) is 0 Å². The normalized spacial score (nSPS) is 22.0. The highest BCUT2D eigenvalue weighted by molar-refractivity contribution is 6.30. The first kappa shape index (κ1) is 18.3. The zero-order valence-electron chi connectivity index (χ0n) is 15.0. The average Bonchev–Trinajstić information content (AvgIpc) is 2.81. The molecule has 3 rings (SSSR count). The molecular weight excluding hydrogens is 340 g/mol. The van der Waals surface area contributed by atoms with Gasteiger partial charge in [0.2, 0.25) is 0 Å². The van der Waals surface area contributed by atoms with Crippen molar-refractivity contribution in [2.24, 2.45) is 0 Å². The molecule has 2 aliphatic rings. The summed E-state index contributed by atoms with van der Waals surface area (Å²) in [7, 11) is 0. The smallest absolute Gasteiger partial charge is 0.409 e.